The highest BCUT2D eigenvalue weighted by Crippen LogP contribution is 2.34. The maximum absolute atomic E-state index is 12.8. The molecule has 0 aliphatic heterocycles. The number of para-hydroxylation sites is 1. The molecule has 4 rings (SSSR count). The third kappa shape index (κ3) is 4.00. The Balaban J connectivity index is 1.79. The van der Waals surface area contributed by atoms with Gasteiger partial charge in [-0.1, -0.05) is 48.5 Å². The van der Waals surface area contributed by atoms with Gasteiger partial charge in [-0.25, -0.2) is 14.6 Å². The zero-order valence-electron chi connectivity index (χ0n) is 17.5. The first kappa shape index (κ1) is 21.0. The molecule has 0 atom stereocenters. The summed E-state index contributed by atoms with van der Waals surface area (Å²) in [5.74, 6) is -1.41. The van der Waals surface area contributed by atoms with Gasteiger partial charge in [0.15, 0.2) is 5.78 Å². The summed E-state index contributed by atoms with van der Waals surface area (Å²) in [5, 5.41) is 0.782. The lowest BCUT2D eigenvalue weighted by Gasteiger charge is -2.16. The first-order chi connectivity index (χ1) is 15.5. The number of pyridine rings is 1. The Morgan fingerprint density at radius 1 is 0.969 bits per heavy atom. The van der Waals surface area contributed by atoms with Crippen LogP contribution in [0.3, 0.4) is 0 Å². The molecule has 0 fully saturated rings. The lowest BCUT2D eigenvalue weighted by molar-refractivity contribution is 0.0450. The SMILES string of the molecule is COC(=O)c1c(COC(=O)c2cc(C(C)=O)c[nH]2)nc2ccccc2c1-c1ccccc1. The number of nitrogens with one attached hydrogen (secondary N) is 1. The molecule has 2 aromatic heterocycles. The molecule has 2 heterocycles. The van der Waals surface area contributed by atoms with Gasteiger partial charge < -0.3 is 14.5 Å². The van der Waals surface area contributed by atoms with Crippen molar-refractivity contribution in [2.24, 2.45) is 0 Å². The lowest BCUT2D eigenvalue weighted by Crippen LogP contribution is -2.14. The molecule has 7 heteroatoms. The molecule has 0 saturated carbocycles. The number of hydrogen-bond donors (Lipinski definition) is 1. The quantitative estimate of drug-likeness (QED) is 0.357. The van der Waals surface area contributed by atoms with Crippen LogP contribution in [0.1, 0.15) is 43.8 Å². The van der Waals surface area contributed by atoms with Crippen LogP contribution in [-0.2, 0) is 16.1 Å². The summed E-state index contributed by atoms with van der Waals surface area (Å²) < 4.78 is 10.5. The number of rotatable bonds is 6. The van der Waals surface area contributed by atoms with E-state index in [0.29, 0.717) is 16.6 Å². The van der Waals surface area contributed by atoms with Crippen molar-refractivity contribution in [1.29, 1.82) is 0 Å². The number of ketones is 1. The van der Waals surface area contributed by atoms with Crippen molar-refractivity contribution in [3.8, 4) is 11.1 Å². The summed E-state index contributed by atoms with van der Waals surface area (Å²) in [6.45, 7) is 1.16. The topological polar surface area (TPSA) is 98.4 Å². The fourth-order valence-corrected chi connectivity index (χ4v) is 3.52. The van der Waals surface area contributed by atoms with Gasteiger partial charge >= 0.3 is 11.9 Å². The summed E-state index contributed by atoms with van der Waals surface area (Å²) in [7, 11) is 1.30. The van der Waals surface area contributed by atoms with E-state index in [1.807, 2.05) is 54.6 Å². The molecule has 2 aromatic carbocycles. The maximum Gasteiger partial charge on any atom is 0.355 e. The second kappa shape index (κ2) is 8.85. The van der Waals surface area contributed by atoms with Crippen LogP contribution in [0.25, 0.3) is 22.0 Å². The first-order valence-corrected chi connectivity index (χ1v) is 9.91. The van der Waals surface area contributed by atoms with Crippen LogP contribution in [0.5, 0.6) is 0 Å². The Kier molecular flexibility index (Phi) is 5.81. The van der Waals surface area contributed by atoms with Crippen molar-refractivity contribution >= 4 is 28.6 Å². The van der Waals surface area contributed by atoms with E-state index in [-0.39, 0.29) is 29.3 Å². The van der Waals surface area contributed by atoms with Crippen molar-refractivity contribution in [2.45, 2.75) is 13.5 Å². The van der Waals surface area contributed by atoms with Gasteiger partial charge in [-0.2, -0.15) is 0 Å². The number of carbonyl (C=O) groups is 3. The Morgan fingerprint density at radius 3 is 2.38 bits per heavy atom. The van der Waals surface area contributed by atoms with Gasteiger partial charge in [0.2, 0.25) is 0 Å². The molecule has 0 spiro atoms. The van der Waals surface area contributed by atoms with Crippen molar-refractivity contribution < 1.29 is 23.9 Å². The Morgan fingerprint density at radius 2 is 1.69 bits per heavy atom. The Bertz CT molecular complexity index is 1320. The summed E-state index contributed by atoms with van der Waals surface area (Å²) in [6.07, 6.45) is 1.45. The van der Waals surface area contributed by atoms with Gasteiger partial charge in [0.05, 0.1) is 23.9 Å². The number of aromatic nitrogens is 2. The fraction of sp³-hybridized carbons (Fsp3) is 0.120. The van der Waals surface area contributed by atoms with Gasteiger partial charge in [0.25, 0.3) is 0 Å². The van der Waals surface area contributed by atoms with E-state index in [1.165, 1.54) is 26.3 Å². The number of aromatic amines is 1. The number of carbonyl (C=O) groups excluding carboxylic acids is 3. The number of hydrogen-bond acceptors (Lipinski definition) is 6. The van der Waals surface area contributed by atoms with E-state index in [1.54, 1.807) is 0 Å². The summed E-state index contributed by atoms with van der Waals surface area (Å²) in [6, 6.07) is 18.3. The van der Waals surface area contributed by atoms with Crippen LogP contribution in [-0.4, -0.2) is 34.8 Å². The van der Waals surface area contributed by atoms with Crippen LogP contribution in [0.2, 0.25) is 0 Å². The number of Topliss-reactive ketones (excluding diaryl/α,β-unsaturated/α-hetero) is 1. The van der Waals surface area contributed by atoms with Gasteiger partial charge in [-0.3, -0.25) is 4.79 Å². The number of benzene rings is 2. The number of fused-ring (bicyclic) bond motifs is 1. The van der Waals surface area contributed by atoms with Crippen LogP contribution < -0.4 is 0 Å². The monoisotopic (exact) mass is 428 g/mol. The summed E-state index contributed by atoms with van der Waals surface area (Å²) in [5.41, 5.74) is 3.16. The number of ether oxygens (including phenoxy) is 2. The number of esters is 2. The van der Waals surface area contributed by atoms with E-state index in [4.69, 9.17) is 9.47 Å². The maximum atomic E-state index is 12.8. The fourth-order valence-electron chi connectivity index (χ4n) is 3.52. The molecule has 4 aromatic rings. The zero-order valence-corrected chi connectivity index (χ0v) is 17.5. The average Bonchev–Trinajstić information content (AvgIpc) is 3.32. The van der Waals surface area contributed by atoms with Crippen molar-refractivity contribution in [1.82, 2.24) is 9.97 Å². The van der Waals surface area contributed by atoms with Crippen LogP contribution in [0, 0.1) is 0 Å². The molecule has 0 aliphatic carbocycles. The highest BCUT2D eigenvalue weighted by Gasteiger charge is 2.24. The Hall–Kier alpha value is -4.26. The summed E-state index contributed by atoms with van der Waals surface area (Å²) >= 11 is 0. The number of nitrogens with zero attached hydrogens (tertiary/aromatic N) is 1. The molecule has 0 amide bonds. The molecule has 0 unspecified atom stereocenters. The molecule has 0 bridgehead atoms. The van der Waals surface area contributed by atoms with Gasteiger partial charge in [-0.15, -0.1) is 0 Å². The Labute approximate surface area is 184 Å². The number of methoxy groups -OCH3 is 1. The molecule has 1 N–H and O–H groups in total. The van der Waals surface area contributed by atoms with E-state index in [2.05, 4.69) is 9.97 Å². The molecular weight excluding hydrogens is 408 g/mol. The molecule has 32 heavy (non-hydrogen) atoms. The predicted octanol–water partition coefficient (Wildman–Crippen LogP) is 4.58. The van der Waals surface area contributed by atoms with Crippen LogP contribution >= 0.6 is 0 Å². The van der Waals surface area contributed by atoms with Crippen LogP contribution in [0.4, 0.5) is 0 Å². The standard InChI is InChI=1S/C25H20N2O5/c1-15(28)17-12-20(26-13-17)24(29)32-14-21-23(25(30)31-2)22(16-8-4-3-5-9-16)18-10-6-7-11-19(18)27-21/h3-13,26H,14H2,1-2H3. The van der Waals surface area contributed by atoms with E-state index in [9.17, 15) is 14.4 Å². The van der Waals surface area contributed by atoms with Gasteiger partial charge in [-0.05, 0) is 24.6 Å². The normalized spacial score (nSPS) is 10.7. The molecular formula is C25H20N2O5. The van der Waals surface area contributed by atoms with Crippen molar-refractivity contribution in [2.75, 3.05) is 7.11 Å². The highest BCUT2D eigenvalue weighted by atomic mass is 16.5. The molecule has 0 radical (unpaired) electrons. The highest BCUT2D eigenvalue weighted by molar-refractivity contribution is 6.08. The van der Waals surface area contributed by atoms with E-state index < -0.39 is 11.9 Å². The average molecular weight is 428 g/mol. The molecule has 160 valence electrons. The van der Waals surface area contributed by atoms with Gasteiger partial charge in [0, 0.05) is 22.7 Å². The number of H-pyrrole nitrogens is 1. The minimum atomic E-state index is -0.662. The molecule has 7 nitrogen and oxygen atoms in total. The predicted molar refractivity (Wildman–Crippen MR) is 118 cm³/mol. The smallest absolute Gasteiger partial charge is 0.355 e. The van der Waals surface area contributed by atoms with Crippen molar-refractivity contribution in [3.05, 3.63) is 89.4 Å². The lowest BCUT2D eigenvalue weighted by atomic mass is 9.94. The van der Waals surface area contributed by atoms with E-state index in [0.717, 1.165) is 10.9 Å². The van der Waals surface area contributed by atoms with Crippen molar-refractivity contribution in [3.63, 3.8) is 0 Å². The molecule has 0 saturated heterocycles. The van der Waals surface area contributed by atoms with Gasteiger partial charge in [0.1, 0.15) is 12.3 Å². The summed E-state index contributed by atoms with van der Waals surface area (Å²) in [4.78, 5) is 44.1. The third-order valence-corrected chi connectivity index (χ3v) is 5.07. The van der Waals surface area contributed by atoms with E-state index >= 15 is 0 Å². The minimum Gasteiger partial charge on any atom is -0.465 e. The largest absolute Gasteiger partial charge is 0.465 e. The first-order valence-electron chi connectivity index (χ1n) is 9.91. The zero-order chi connectivity index (χ0) is 22.7. The van der Waals surface area contributed by atoms with Crippen LogP contribution in [0.15, 0.2) is 66.9 Å². The molecule has 0 aliphatic rings. The second-order valence-corrected chi connectivity index (χ2v) is 7.12. The minimum absolute atomic E-state index is 0.138. The second-order valence-electron chi connectivity index (χ2n) is 7.12. The third-order valence-electron chi connectivity index (χ3n) is 5.07.